The van der Waals surface area contributed by atoms with Crippen LogP contribution in [0, 0.1) is 5.92 Å². The third-order valence-corrected chi connectivity index (χ3v) is 11.4. The Morgan fingerprint density at radius 2 is 1.50 bits per heavy atom. The van der Waals surface area contributed by atoms with Crippen LogP contribution < -0.4 is 16.1 Å². The highest BCUT2D eigenvalue weighted by Crippen LogP contribution is 2.46. The van der Waals surface area contributed by atoms with Gasteiger partial charge in [0.15, 0.2) is 0 Å². The second kappa shape index (κ2) is 10.2. The first-order valence-corrected chi connectivity index (χ1v) is 13.8. The SMILES string of the molecule is C/C=C\C1=C(C=C(C)C)[C@H](N)CC[C@H]1CC(C)(C)[Si](O)(c1ccccc1)c1ccccc1. The Hall–Kier alpha value is -2.20. The summed E-state index contributed by atoms with van der Waals surface area (Å²) in [6.07, 6.45) is 9.60. The van der Waals surface area contributed by atoms with Crippen LogP contribution in [0.15, 0.2) is 95.6 Å². The average Bonchev–Trinajstić information content (AvgIpc) is 2.78. The molecule has 0 radical (unpaired) electrons. The zero-order valence-electron chi connectivity index (χ0n) is 20.3. The highest BCUT2D eigenvalue weighted by molar-refractivity contribution is 6.98. The molecule has 3 N–H and O–H groups in total. The molecule has 0 heterocycles. The van der Waals surface area contributed by atoms with Crippen molar-refractivity contribution >= 4 is 18.7 Å². The van der Waals surface area contributed by atoms with Gasteiger partial charge in [-0.15, -0.1) is 0 Å². The average molecular weight is 446 g/mol. The molecule has 2 nitrogen and oxygen atoms in total. The molecule has 3 heteroatoms. The minimum Gasteiger partial charge on any atom is -0.424 e. The Kier molecular flexibility index (Phi) is 7.76. The summed E-state index contributed by atoms with van der Waals surface area (Å²) in [4.78, 5) is 12.6. The molecule has 0 bridgehead atoms. The fourth-order valence-corrected chi connectivity index (χ4v) is 9.13. The molecule has 1 aliphatic carbocycles. The Balaban J connectivity index is 2.10. The van der Waals surface area contributed by atoms with E-state index in [0.717, 1.165) is 29.6 Å². The van der Waals surface area contributed by atoms with E-state index in [1.54, 1.807) is 0 Å². The van der Waals surface area contributed by atoms with Gasteiger partial charge in [-0.1, -0.05) is 98.3 Å². The van der Waals surface area contributed by atoms with Gasteiger partial charge in [-0.05, 0) is 72.5 Å². The second-order valence-electron chi connectivity index (χ2n) is 10.0. The summed E-state index contributed by atoms with van der Waals surface area (Å²) < 4.78 is 0. The van der Waals surface area contributed by atoms with Gasteiger partial charge in [0.2, 0.25) is 0 Å². The topological polar surface area (TPSA) is 46.2 Å². The number of hydrogen-bond donors (Lipinski definition) is 2. The molecule has 170 valence electrons. The van der Waals surface area contributed by atoms with Crippen molar-refractivity contribution in [2.75, 3.05) is 0 Å². The minimum atomic E-state index is -3.03. The lowest BCUT2D eigenvalue weighted by Crippen LogP contribution is -2.65. The van der Waals surface area contributed by atoms with Crippen molar-refractivity contribution in [3.05, 3.63) is 95.6 Å². The molecule has 0 fully saturated rings. The third-order valence-electron chi connectivity index (χ3n) is 6.91. The molecule has 0 aromatic heterocycles. The summed E-state index contributed by atoms with van der Waals surface area (Å²) in [5.41, 5.74) is 10.4. The second-order valence-corrected chi connectivity index (χ2v) is 14.0. The van der Waals surface area contributed by atoms with Crippen molar-refractivity contribution < 1.29 is 4.80 Å². The molecule has 0 saturated carbocycles. The van der Waals surface area contributed by atoms with Crippen LogP contribution in [0.25, 0.3) is 0 Å². The summed E-state index contributed by atoms with van der Waals surface area (Å²) in [6.45, 7) is 10.9. The Labute approximate surface area is 195 Å². The van der Waals surface area contributed by atoms with Crippen LogP contribution in [0.1, 0.15) is 53.9 Å². The van der Waals surface area contributed by atoms with Crippen LogP contribution in [0.5, 0.6) is 0 Å². The van der Waals surface area contributed by atoms with E-state index in [9.17, 15) is 4.80 Å². The molecule has 0 saturated heterocycles. The third kappa shape index (κ3) is 4.90. The maximum Gasteiger partial charge on any atom is 0.258 e. The Morgan fingerprint density at radius 1 is 0.969 bits per heavy atom. The minimum absolute atomic E-state index is 0.0786. The van der Waals surface area contributed by atoms with E-state index >= 15 is 0 Å². The van der Waals surface area contributed by atoms with Gasteiger partial charge < -0.3 is 10.5 Å². The van der Waals surface area contributed by atoms with Crippen LogP contribution >= 0.6 is 0 Å². The van der Waals surface area contributed by atoms with Gasteiger partial charge in [0.1, 0.15) is 0 Å². The standard InChI is InChI=1S/C29H39NOSi/c1-6-13-26-23(18-19-28(30)27(26)20-22(2)3)21-29(4,5)32(31,24-14-9-7-10-15-24)25-16-11-8-12-17-25/h6-17,20,23,28,31H,18-19,21,30H2,1-5H3/b13-6-/t23-,28+/m0/s1. The van der Waals surface area contributed by atoms with Crippen molar-refractivity contribution in [3.8, 4) is 0 Å². The summed E-state index contributed by atoms with van der Waals surface area (Å²) in [5, 5.41) is 1.87. The summed E-state index contributed by atoms with van der Waals surface area (Å²) in [6, 6.07) is 20.7. The summed E-state index contributed by atoms with van der Waals surface area (Å²) in [5.74, 6) is 0.373. The van der Waals surface area contributed by atoms with E-state index in [4.69, 9.17) is 5.73 Å². The van der Waals surface area contributed by atoms with Crippen LogP contribution in [0.3, 0.4) is 0 Å². The van der Waals surface area contributed by atoms with Crippen molar-refractivity contribution in [3.63, 3.8) is 0 Å². The molecule has 1 aliphatic rings. The molecular weight excluding hydrogens is 406 g/mol. The molecular formula is C29H39NOSi. The van der Waals surface area contributed by atoms with Gasteiger partial charge in [0, 0.05) is 6.04 Å². The normalized spacial score (nSPS) is 20.0. The van der Waals surface area contributed by atoms with Crippen molar-refractivity contribution in [1.82, 2.24) is 0 Å². The number of rotatable bonds is 7. The highest BCUT2D eigenvalue weighted by atomic mass is 28.4. The van der Waals surface area contributed by atoms with Gasteiger partial charge in [-0.3, -0.25) is 0 Å². The van der Waals surface area contributed by atoms with Crippen LogP contribution in [-0.2, 0) is 0 Å². The van der Waals surface area contributed by atoms with Crippen LogP contribution in [0.4, 0.5) is 0 Å². The molecule has 2 aromatic carbocycles. The predicted molar refractivity (Wildman–Crippen MR) is 141 cm³/mol. The van der Waals surface area contributed by atoms with Crippen LogP contribution in [-0.4, -0.2) is 19.2 Å². The maximum atomic E-state index is 12.6. The van der Waals surface area contributed by atoms with E-state index in [2.05, 4.69) is 77.1 Å². The fourth-order valence-electron chi connectivity index (χ4n) is 5.34. The van der Waals surface area contributed by atoms with Crippen molar-refractivity contribution in [1.29, 1.82) is 0 Å². The van der Waals surface area contributed by atoms with E-state index < -0.39 is 8.32 Å². The molecule has 2 atom stereocenters. The van der Waals surface area contributed by atoms with Gasteiger partial charge >= 0.3 is 0 Å². The van der Waals surface area contributed by atoms with Crippen molar-refractivity contribution in [2.45, 2.75) is 65.0 Å². The summed E-state index contributed by atoms with van der Waals surface area (Å²) >= 11 is 0. The fraction of sp³-hybridized carbons (Fsp3) is 0.379. The van der Waals surface area contributed by atoms with E-state index in [-0.39, 0.29) is 11.1 Å². The molecule has 0 aliphatic heterocycles. The zero-order chi connectivity index (χ0) is 23.4. The lowest BCUT2D eigenvalue weighted by atomic mass is 9.76. The first kappa shape index (κ1) is 24.4. The molecule has 32 heavy (non-hydrogen) atoms. The lowest BCUT2D eigenvalue weighted by Gasteiger charge is -2.44. The first-order chi connectivity index (χ1) is 15.2. The maximum absolute atomic E-state index is 12.6. The number of benzene rings is 2. The number of hydrogen-bond acceptors (Lipinski definition) is 2. The predicted octanol–water partition coefficient (Wildman–Crippen LogP) is 5.49. The Morgan fingerprint density at radius 3 is 1.97 bits per heavy atom. The van der Waals surface area contributed by atoms with E-state index in [1.807, 2.05) is 36.4 Å². The lowest BCUT2D eigenvalue weighted by molar-refractivity contribution is 0.376. The van der Waals surface area contributed by atoms with Gasteiger partial charge in [-0.25, -0.2) is 0 Å². The Bertz CT molecular complexity index is 945. The smallest absolute Gasteiger partial charge is 0.258 e. The molecule has 0 amide bonds. The monoisotopic (exact) mass is 445 g/mol. The quantitative estimate of drug-likeness (QED) is 0.554. The van der Waals surface area contributed by atoms with Gasteiger partial charge in [0.25, 0.3) is 8.32 Å². The van der Waals surface area contributed by atoms with Gasteiger partial charge in [0.05, 0.1) is 0 Å². The zero-order valence-corrected chi connectivity index (χ0v) is 21.3. The van der Waals surface area contributed by atoms with Crippen molar-refractivity contribution in [2.24, 2.45) is 11.7 Å². The van der Waals surface area contributed by atoms with E-state index in [0.29, 0.717) is 5.92 Å². The molecule has 2 aromatic rings. The van der Waals surface area contributed by atoms with Crippen LogP contribution in [0.2, 0.25) is 5.04 Å². The first-order valence-electron chi connectivity index (χ1n) is 11.8. The number of allylic oxidation sites excluding steroid dienone is 4. The molecule has 0 unspecified atom stereocenters. The summed E-state index contributed by atoms with van der Waals surface area (Å²) in [7, 11) is -3.03. The van der Waals surface area contributed by atoms with Gasteiger partial charge in [-0.2, -0.15) is 0 Å². The largest absolute Gasteiger partial charge is 0.424 e. The highest BCUT2D eigenvalue weighted by Gasteiger charge is 2.51. The molecule has 3 rings (SSSR count). The van der Waals surface area contributed by atoms with E-state index in [1.165, 1.54) is 16.7 Å². The molecule has 0 spiro atoms. The number of nitrogens with two attached hydrogens (primary N) is 1.